The number of aliphatic carboxylic acids is 1. The summed E-state index contributed by atoms with van der Waals surface area (Å²) in [6, 6.07) is -0.281. The molecule has 0 heterocycles. The smallest absolute Gasteiger partial charge is 0.320 e. The third kappa shape index (κ3) is 3.51. The van der Waals surface area contributed by atoms with Crippen LogP contribution in [-0.4, -0.2) is 47.1 Å². The first-order valence-electron chi connectivity index (χ1n) is 5.32. The van der Waals surface area contributed by atoms with E-state index in [9.17, 15) is 9.59 Å². The zero-order chi connectivity index (χ0) is 11.4. The van der Waals surface area contributed by atoms with Crippen LogP contribution in [0.25, 0.3) is 0 Å². The second-order valence-corrected chi connectivity index (χ2v) is 3.85. The quantitative estimate of drug-likeness (QED) is 0.656. The van der Waals surface area contributed by atoms with Gasteiger partial charge in [-0.15, -0.1) is 0 Å². The van der Waals surface area contributed by atoms with Gasteiger partial charge in [-0.25, -0.2) is 0 Å². The topological polar surface area (TPSA) is 69.6 Å². The van der Waals surface area contributed by atoms with E-state index >= 15 is 0 Å². The van der Waals surface area contributed by atoms with Gasteiger partial charge in [0.15, 0.2) is 0 Å². The minimum absolute atomic E-state index is 0.00639. The number of hydrogen-bond acceptors (Lipinski definition) is 3. The molecule has 15 heavy (non-hydrogen) atoms. The van der Waals surface area contributed by atoms with Gasteiger partial charge in [-0.05, 0) is 26.7 Å². The summed E-state index contributed by atoms with van der Waals surface area (Å²) >= 11 is 0. The van der Waals surface area contributed by atoms with E-state index in [0.29, 0.717) is 12.6 Å². The van der Waals surface area contributed by atoms with Gasteiger partial charge in [-0.1, -0.05) is 0 Å². The monoisotopic (exact) mass is 214 g/mol. The average Bonchev–Trinajstić information content (AvgIpc) is 2.99. The molecule has 5 nitrogen and oxygen atoms in total. The lowest BCUT2D eigenvalue weighted by atomic mass is 10.3. The highest BCUT2D eigenvalue weighted by Crippen LogP contribution is 2.26. The Kier molecular flexibility index (Phi) is 4.08. The molecule has 1 aliphatic rings. The van der Waals surface area contributed by atoms with Gasteiger partial charge in [0.25, 0.3) is 0 Å². The average molecular weight is 214 g/mol. The van der Waals surface area contributed by atoms with E-state index in [4.69, 9.17) is 5.11 Å². The highest BCUT2D eigenvalue weighted by molar-refractivity contribution is 5.80. The number of likely N-dealkylation sites (N-methyl/N-ethyl adjacent to an activating group) is 1. The zero-order valence-electron chi connectivity index (χ0n) is 9.19. The van der Waals surface area contributed by atoms with Gasteiger partial charge in [0.2, 0.25) is 5.91 Å². The maximum absolute atomic E-state index is 11.7. The molecule has 0 bridgehead atoms. The molecule has 2 N–H and O–H groups in total. The molecule has 86 valence electrons. The summed E-state index contributed by atoms with van der Waals surface area (Å²) in [5.41, 5.74) is 0. The molecule has 0 unspecified atom stereocenters. The summed E-state index contributed by atoms with van der Waals surface area (Å²) in [6.45, 7) is 4.28. The summed E-state index contributed by atoms with van der Waals surface area (Å²) < 4.78 is 0. The zero-order valence-corrected chi connectivity index (χ0v) is 9.19. The molecule has 1 atom stereocenters. The minimum Gasteiger partial charge on any atom is -0.480 e. The van der Waals surface area contributed by atoms with Crippen molar-refractivity contribution in [3.05, 3.63) is 0 Å². The number of rotatable bonds is 6. The fourth-order valence-corrected chi connectivity index (χ4v) is 1.45. The predicted molar refractivity (Wildman–Crippen MR) is 55.5 cm³/mol. The van der Waals surface area contributed by atoms with Crippen LogP contribution in [0, 0.1) is 0 Å². The van der Waals surface area contributed by atoms with Crippen molar-refractivity contribution in [1.82, 2.24) is 10.2 Å². The minimum atomic E-state index is -0.933. The van der Waals surface area contributed by atoms with Crippen molar-refractivity contribution in [3.63, 3.8) is 0 Å². The Labute approximate surface area is 89.4 Å². The van der Waals surface area contributed by atoms with Crippen molar-refractivity contribution >= 4 is 11.9 Å². The summed E-state index contributed by atoms with van der Waals surface area (Å²) in [7, 11) is 0. The van der Waals surface area contributed by atoms with E-state index in [1.165, 1.54) is 6.92 Å². The second kappa shape index (κ2) is 5.11. The summed E-state index contributed by atoms with van der Waals surface area (Å²) in [5, 5.41) is 11.3. The van der Waals surface area contributed by atoms with E-state index in [1.807, 2.05) is 11.8 Å². The van der Waals surface area contributed by atoms with Gasteiger partial charge in [0.05, 0.1) is 6.54 Å². The Morgan fingerprint density at radius 2 is 2.13 bits per heavy atom. The highest BCUT2D eigenvalue weighted by Gasteiger charge is 2.31. The van der Waals surface area contributed by atoms with Crippen molar-refractivity contribution in [2.45, 2.75) is 38.8 Å². The maximum Gasteiger partial charge on any atom is 0.320 e. The number of hydrogen-bond donors (Lipinski definition) is 2. The van der Waals surface area contributed by atoms with Crippen LogP contribution in [0.2, 0.25) is 0 Å². The van der Waals surface area contributed by atoms with Gasteiger partial charge in [0, 0.05) is 12.6 Å². The van der Waals surface area contributed by atoms with Crippen molar-refractivity contribution in [1.29, 1.82) is 0 Å². The number of carboxylic acid groups (broad SMARTS) is 1. The molecule has 0 saturated heterocycles. The van der Waals surface area contributed by atoms with Crippen LogP contribution in [0.5, 0.6) is 0 Å². The normalized spacial score (nSPS) is 17.2. The molecular formula is C10H18N2O3. The molecule has 0 aliphatic heterocycles. The molecule has 5 heteroatoms. The third-order valence-electron chi connectivity index (χ3n) is 2.58. The van der Waals surface area contributed by atoms with Crippen LogP contribution >= 0.6 is 0 Å². The molecule has 0 aromatic heterocycles. The van der Waals surface area contributed by atoms with Crippen molar-refractivity contribution in [3.8, 4) is 0 Å². The number of nitrogens with zero attached hydrogens (tertiary/aromatic N) is 1. The first-order valence-corrected chi connectivity index (χ1v) is 5.32. The molecule has 0 radical (unpaired) electrons. The third-order valence-corrected chi connectivity index (χ3v) is 2.58. The van der Waals surface area contributed by atoms with E-state index in [0.717, 1.165) is 12.8 Å². The van der Waals surface area contributed by atoms with Gasteiger partial charge in [0.1, 0.15) is 6.04 Å². The molecule has 0 aromatic carbocycles. The molecular weight excluding hydrogens is 196 g/mol. The van der Waals surface area contributed by atoms with Crippen molar-refractivity contribution in [2.75, 3.05) is 13.1 Å². The second-order valence-electron chi connectivity index (χ2n) is 3.85. The largest absolute Gasteiger partial charge is 0.480 e. The Hall–Kier alpha value is -1.10. The number of amides is 1. The Bertz CT molecular complexity index is 251. The number of carbonyl (C=O) groups excluding carboxylic acids is 1. The van der Waals surface area contributed by atoms with Crippen LogP contribution in [0.1, 0.15) is 26.7 Å². The molecule has 1 saturated carbocycles. The predicted octanol–water partition coefficient (Wildman–Crippen LogP) is 0.0600. The van der Waals surface area contributed by atoms with E-state index in [2.05, 4.69) is 5.32 Å². The molecule has 1 rings (SSSR count). The summed E-state index contributed by atoms with van der Waals surface area (Å²) in [4.78, 5) is 24.0. The molecule has 1 amide bonds. The van der Waals surface area contributed by atoms with Crippen molar-refractivity contribution in [2.24, 2.45) is 0 Å². The number of carbonyl (C=O) groups is 2. The first-order chi connectivity index (χ1) is 7.06. The summed E-state index contributed by atoms with van der Waals surface area (Å²) in [6.07, 6.45) is 2.15. The van der Waals surface area contributed by atoms with Crippen molar-refractivity contribution < 1.29 is 14.7 Å². The Balaban J connectivity index is 2.30. The number of nitrogens with one attached hydrogen (secondary N) is 1. The first kappa shape index (κ1) is 12.0. The van der Waals surface area contributed by atoms with Crippen LogP contribution in [-0.2, 0) is 9.59 Å². The lowest BCUT2D eigenvalue weighted by Crippen LogP contribution is -2.44. The molecule has 0 spiro atoms. The van der Waals surface area contributed by atoms with Crippen LogP contribution in [0.15, 0.2) is 0 Å². The standard InChI is InChI=1S/C10H18N2O3/c1-3-12(8-4-5-8)9(13)6-11-7(2)10(14)15/h7-8,11H,3-6H2,1-2H3,(H,14,15)/t7-/m0/s1. The molecule has 1 aliphatic carbocycles. The Morgan fingerprint density at radius 3 is 2.53 bits per heavy atom. The van der Waals surface area contributed by atoms with E-state index in [-0.39, 0.29) is 12.5 Å². The lowest BCUT2D eigenvalue weighted by molar-refractivity contribution is -0.139. The lowest BCUT2D eigenvalue weighted by Gasteiger charge is -2.21. The molecule has 1 fully saturated rings. The fraction of sp³-hybridized carbons (Fsp3) is 0.800. The van der Waals surface area contributed by atoms with Gasteiger partial charge < -0.3 is 10.0 Å². The summed E-state index contributed by atoms with van der Waals surface area (Å²) in [5.74, 6) is -0.939. The number of carboxylic acids is 1. The highest BCUT2D eigenvalue weighted by atomic mass is 16.4. The van der Waals surface area contributed by atoms with E-state index in [1.54, 1.807) is 0 Å². The SMILES string of the molecule is CCN(C(=O)CN[C@@H](C)C(=O)O)C1CC1. The van der Waals surface area contributed by atoms with Gasteiger partial charge in [-0.3, -0.25) is 14.9 Å². The fourth-order valence-electron chi connectivity index (χ4n) is 1.45. The molecule has 0 aromatic rings. The van der Waals surface area contributed by atoms with Gasteiger partial charge in [-0.2, -0.15) is 0 Å². The van der Waals surface area contributed by atoms with Crippen LogP contribution in [0.3, 0.4) is 0 Å². The maximum atomic E-state index is 11.7. The van der Waals surface area contributed by atoms with E-state index < -0.39 is 12.0 Å². The van der Waals surface area contributed by atoms with Crippen LogP contribution < -0.4 is 5.32 Å². The van der Waals surface area contributed by atoms with Gasteiger partial charge >= 0.3 is 5.97 Å². The Morgan fingerprint density at radius 1 is 1.53 bits per heavy atom. The van der Waals surface area contributed by atoms with Crippen LogP contribution in [0.4, 0.5) is 0 Å².